The molecule has 0 spiro atoms. The Morgan fingerprint density at radius 3 is 2.53 bits per heavy atom. The first kappa shape index (κ1) is 20.9. The molecule has 2 N–H and O–H groups in total. The van der Waals surface area contributed by atoms with E-state index in [2.05, 4.69) is 34.8 Å². The number of rotatable bonds is 8. The van der Waals surface area contributed by atoms with E-state index in [9.17, 15) is 4.79 Å². The lowest BCUT2D eigenvalue weighted by Crippen LogP contribution is -1.99. The second-order valence-corrected chi connectivity index (χ2v) is 7.09. The summed E-state index contributed by atoms with van der Waals surface area (Å²) < 4.78 is 11.5. The van der Waals surface area contributed by atoms with Crippen molar-refractivity contribution in [3.63, 3.8) is 0 Å². The van der Waals surface area contributed by atoms with Gasteiger partial charge in [0.1, 0.15) is 6.61 Å². The Bertz CT molecular complexity index is 1260. The summed E-state index contributed by atoms with van der Waals surface area (Å²) in [5, 5.41) is 15.5. The van der Waals surface area contributed by atoms with E-state index in [0.29, 0.717) is 23.8 Å². The average molecular weight is 426 g/mol. The molecule has 0 atom stereocenters. The zero-order valence-electron chi connectivity index (χ0n) is 17.5. The lowest BCUT2D eigenvalue weighted by atomic mass is 10.1. The van der Waals surface area contributed by atoms with Crippen molar-refractivity contribution in [3.8, 4) is 11.5 Å². The van der Waals surface area contributed by atoms with E-state index in [1.165, 1.54) is 22.9 Å². The molecule has 0 unspecified atom stereocenters. The molecule has 0 radical (unpaired) electrons. The number of nitrogens with zero attached hydrogens (tertiary/aromatic N) is 1. The number of aromatic carboxylic acids is 1. The third-order valence-electron chi connectivity index (χ3n) is 4.99. The van der Waals surface area contributed by atoms with Crippen LogP contribution in [0.25, 0.3) is 10.8 Å². The summed E-state index contributed by atoms with van der Waals surface area (Å²) in [5.41, 5.74) is 5.73. The molecule has 4 aromatic rings. The molecule has 0 aliphatic rings. The normalized spacial score (nSPS) is 10.9. The molecule has 0 bridgehead atoms. The topological polar surface area (TPSA) is 80.2 Å². The molecule has 0 amide bonds. The Balaban J connectivity index is 1.43. The maximum atomic E-state index is 10.9. The van der Waals surface area contributed by atoms with Crippen LogP contribution in [-0.2, 0) is 6.61 Å². The maximum Gasteiger partial charge on any atom is 0.335 e. The Labute approximate surface area is 185 Å². The van der Waals surface area contributed by atoms with E-state index in [1.807, 2.05) is 36.4 Å². The highest BCUT2D eigenvalue weighted by molar-refractivity contribution is 5.88. The Morgan fingerprint density at radius 1 is 0.969 bits per heavy atom. The molecular formula is C26H22N2O4. The van der Waals surface area contributed by atoms with Gasteiger partial charge in [-0.2, -0.15) is 5.10 Å². The number of hydrogen-bond acceptors (Lipinski definition) is 5. The van der Waals surface area contributed by atoms with Crippen LogP contribution >= 0.6 is 0 Å². The van der Waals surface area contributed by atoms with Crippen molar-refractivity contribution in [2.24, 2.45) is 5.10 Å². The number of anilines is 1. The molecular weight excluding hydrogens is 404 g/mol. The monoisotopic (exact) mass is 426 g/mol. The summed E-state index contributed by atoms with van der Waals surface area (Å²) in [6.45, 7) is 0.430. The Morgan fingerprint density at radius 2 is 1.75 bits per heavy atom. The molecule has 32 heavy (non-hydrogen) atoms. The van der Waals surface area contributed by atoms with Gasteiger partial charge in [-0.25, -0.2) is 4.79 Å². The minimum atomic E-state index is -0.963. The van der Waals surface area contributed by atoms with Crippen molar-refractivity contribution >= 4 is 28.6 Å². The molecule has 0 aromatic heterocycles. The van der Waals surface area contributed by atoms with Crippen molar-refractivity contribution in [1.82, 2.24) is 0 Å². The quantitative estimate of drug-likeness (QED) is 0.284. The van der Waals surface area contributed by atoms with Crippen LogP contribution in [0.15, 0.2) is 90.0 Å². The second-order valence-electron chi connectivity index (χ2n) is 7.09. The van der Waals surface area contributed by atoms with Crippen LogP contribution in [0, 0.1) is 0 Å². The molecule has 4 rings (SSSR count). The number of benzene rings is 4. The summed E-state index contributed by atoms with van der Waals surface area (Å²) in [5.74, 6) is 0.296. The number of nitrogens with one attached hydrogen (secondary N) is 1. The Hall–Kier alpha value is -4.32. The van der Waals surface area contributed by atoms with Gasteiger partial charge in [0.25, 0.3) is 0 Å². The van der Waals surface area contributed by atoms with Gasteiger partial charge in [-0.05, 0) is 64.4 Å². The van der Waals surface area contributed by atoms with Gasteiger partial charge in [-0.1, -0.05) is 42.5 Å². The molecule has 0 heterocycles. The van der Waals surface area contributed by atoms with Crippen LogP contribution in [-0.4, -0.2) is 24.4 Å². The van der Waals surface area contributed by atoms with Crippen LogP contribution < -0.4 is 14.9 Å². The lowest BCUT2D eigenvalue weighted by molar-refractivity contribution is 0.0697. The first-order valence-corrected chi connectivity index (χ1v) is 10.0. The third kappa shape index (κ3) is 4.87. The summed E-state index contributed by atoms with van der Waals surface area (Å²) in [4.78, 5) is 10.9. The highest BCUT2D eigenvalue weighted by atomic mass is 16.5. The molecule has 6 heteroatoms. The number of carboxylic acids is 1. The molecule has 0 aliphatic carbocycles. The van der Waals surface area contributed by atoms with Gasteiger partial charge in [0.2, 0.25) is 0 Å². The van der Waals surface area contributed by atoms with E-state index in [0.717, 1.165) is 11.1 Å². The van der Waals surface area contributed by atoms with Gasteiger partial charge >= 0.3 is 5.97 Å². The molecule has 160 valence electrons. The summed E-state index contributed by atoms with van der Waals surface area (Å²) in [6.07, 6.45) is 1.65. The van der Waals surface area contributed by atoms with Gasteiger partial charge in [0, 0.05) is 0 Å². The zero-order valence-corrected chi connectivity index (χ0v) is 17.5. The van der Waals surface area contributed by atoms with E-state index in [-0.39, 0.29) is 5.56 Å². The predicted octanol–water partition coefficient (Wildman–Crippen LogP) is 5.57. The smallest absolute Gasteiger partial charge is 0.335 e. The fourth-order valence-electron chi connectivity index (χ4n) is 3.33. The number of methoxy groups -OCH3 is 1. The van der Waals surface area contributed by atoms with E-state index in [4.69, 9.17) is 14.6 Å². The van der Waals surface area contributed by atoms with Crippen molar-refractivity contribution in [1.29, 1.82) is 0 Å². The molecule has 0 saturated carbocycles. The van der Waals surface area contributed by atoms with Crippen molar-refractivity contribution in [2.45, 2.75) is 6.61 Å². The van der Waals surface area contributed by atoms with Crippen LogP contribution in [0.5, 0.6) is 11.5 Å². The van der Waals surface area contributed by atoms with E-state index >= 15 is 0 Å². The summed E-state index contributed by atoms with van der Waals surface area (Å²) >= 11 is 0. The van der Waals surface area contributed by atoms with Crippen molar-refractivity contribution < 1.29 is 19.4 Å². The zero-order chi connectivity index (χ0) is 22.3. The summed E-state index contributed by atoms with van der Waals surface area (Å²) in [6, 6.07) is 26.3. The van der Waals surface area contributed by atoms with E-state index < -0.39 is 5.97 Å². The van der Waals surface area contributed by atoms with Crippen LogP contribution in [0.4, 0.5) is 5.69 Å². The highest BCUT2D eigenvalue weighted by Gasteiger charge is 2.07. The van der Waals surface area contributed by atoms with Gasteiger partial charge in [0.05, 0.1) is 24.6 Å². The lowest BCUT2D eigenvalue weighted by Gasteiger charge is -2.12. The molecule has 0 saturated heterocycles. The number of carboxylic acid groups (broad SMARTS) is 1. The number of fused-ring (bicyclic) bond motifs is 1. The maximum absolute atomic E-state index is 10.9. The van der Waals surface area contributed by atoms with Gasteiger partial charge in [-0.15, -0.1) is 0 Å². The standard InChI is InChI=1S/C26H22N2O4/c1-31-25-15-18(16-27-28-22-12-10-20(11-13-22)26(29)30)9-14-24(25)32-17-21-7-4-6-19-5-2-3-8-23(19)21/h2-16,28H,17H2,1H3,(H,29,30)/b27-16-. The fraction of sp³-hybridized carbons (Fsp3) is 0.0769. The summed E-state index contributed by atoms with van der Waals surface area (Å²) in [7, 11) is 1.60. The number of hydrazone groups is 1. The average Bonchev–Trinajstić information content (AvgIpc) is 2.83. The van der Waals surface area contributed by atoms with Crippen LogP contribution in [0.3, 0.4) is 0 Å². The highest BCUT2D eigenvalue weighted by Crippen LogP contribution is 2.29. The van der Waals surface area contributed by atoms with Crippen molar-refractivity contribution in [3.05, 3.63) is 102 Å². The van der Waals surface area contributed by atoms with Crippen LogP contribution in [0.1, 0.15) is 21.5 Å². The van der Waals surface area contributed by atoms with Crippen LogP contribution in [0.2, 0.25) is 0 Å². The van der Waals surface area contributed by atoms with Gasteiger partial charge in [-0.3, -0.25) is 5.43 Å². The molecule has 4 aromatic carbocycles. The van der Waals surface area contributed by atoms with Crippen molar-refractivity contribution in [2.75, 3.05) is 12.5 Å². The Kier molecular flexibility index (Phi) is 6.32. The predicted molar refractivity (Wildman–Crippen MR) is 126 cm³/mol. The first-order valence-electron chi connectivity index (χ1n) is 10.0. The van der Waals surface area contributed by atoms with Gasteiger partial charge in [0.15, 0.2) is 11.5 Å². The third-order valence-corrected chi connectivity index (χ3v) is 4.99. The largest absolute Gasteiger partial charge is 0.493 e. The second kappa shape index (κ2) is 9.66. The minimum Gasteiger partial charge on any atom is -0.493 e. The van der Waals surface area contributed by atoms with Gasteiger partial charge < -0.3 is 14.6 Å². The SMILES string of the molecule is COc1cc(/C=N\Nc2ccc(C(=O)O)cc2)ccc1OCc1cccc2ccccc12. The fourth-order valence-corrected chi connectivity index (χ4v) is 3.33. The number of hydrogen-bond donors (Lipinski definition) is 2. The number of ether oxygens (including phenoxy) is 2. The molecule has 0 fully saturated rings. The van der Waals surface area contributed by atoms with E-state index in [1.54, 1.807) is 25.5 Å². The molecule has 0 aliphatic heterocycles. The number of carbonyl (C=O) groups is 1. The molecule has 6 nitrogen and oxygen atoms in total. The minimum absolute atomic E-state index is 0.225. The first-order chi connectivity index (χ1) is 15.6.